The summed E-state index contributed by atoms with van der Waals surface area (Å²) in [6, 6.07) is 16.6. The number of fused-ring (bicyclic) bond motifs is 4. The topological polar surface area (TPSA) is 60.9 Å². The van der Waals surface area contributed by atoms with Crippen molar-refractivity contribution >= 4 is 51.6 Å². The van der Waals surface area contributed by atoms with Crippen LogP contribution in [0.15, 0.2) is 54.1 Å². The molecule has 6 nitrogen and oxygen atoms in total. The highest BCUT2D eigenvalue weighted by atomic mass is 32.1. The number of nitrogens with zero attached hydrogens (tertiary/aromatic N) is 3. The second-order valence-electron chi connectivity index (χ2n) is 10.7. The Balaban J connectivity index is 1.59. The number of benzene rings is 2. The van der Waals surface area contributed by atoms with Crippen LogP contribution in [-0.4, -0.2) is 41.7 Å². The number of barbiturate groups is 1. The zero-order valence-corrected chi connectivity index (χ0v) is 22.0. The van der Waals surface area contributed by atoms with E-state index >= 15 is 0 Å². The minimum absolute atomic E-state index is 0.00520. The van der Waals surface area contributed by atoms with Crippen molar-refractivity contribution in [3.63, 3.8) is 0 Å². The molecule has 36 heavy (non-hydrogen) atoms. The van der Waals surface area contributed by atoms with Crippen LogP contribution in [0.3, 0.4) is 0 Å². The fourth-order valence-electron chi connectivity index (χ4n) is 5.81. The van der Waals surface area contributed by atoms with Crippen LogP contribution in [0, 0.1) is 0 Å². The highest BCUT2D eigenvalue weighted by molar-refractivity contribution is 7.17. The van der Waals surface area contributed by atoms with Crippen molar-refractivity contribution in [3.8, 4) is 0 Å². The van der Waals surface area contributed by atoms with E-state index in [9.17, 15) is 14.4 Å². The Kier molecular flexibility index (Phi) is 4.53. The average Bonchev–Trinajstić information content (AvgIpc) is 3.29. The molecule has 0 atom stereocenters. The Labute approximate surface area is 214 Å². The number of para-hydroxylation sites is 2. The first-order valence-corrected chi connectivity index (χ1v) is 12.8. The molecular formula is C29H27N3O3S. The van der Waals surface area contributed by atoms with Crippen molar-refractivity contribution < 1.29 is 14.4 Å². The molecule has 0 radical (unpaired) electrons. The van der Waals surface area contributed by atoms with Crippen LogP contribution in [0.25, 0.3) is 6.08 Å². The van der Waals surface area contributed by atoms with Crippen LogP contribution < -0.4 is 4.90 Å². The molecule has 1 fully saturated rings. The molecule has 3 aromatic rings. The van der Waals surface area contributed by atoms with E-state index in [4.69, 9.17) is 0 Å². The number of carbonyl (C=O) groups is 3. The van der Waals surface area contributed by atoms with Crippen LogP contribution in [0.5, 0.6) is 0 Å². The fourth-order valence-corrected chi connectivity index (χ4v) is 7.10. The molecule has 182 valence electrons. The number of urea groups is 1. The van der Waals surface area contributed by atoms with Gasteiger partial charge in [-0.15, -0.1) is 11.3 Å². The van der Waals surface area contributed by atoms with Gasteiger partial charge in [-0.3, -0.25) is 19.4 Å². The zero-order chi connectivity index (χ0) is 25.7. The lowest BCUT2D eigenvalue weighted by molar-refractivity contribution is -0.134. The molecule has 0 spiro atoms. The predicted octanol–water partition coefficient (Wildman–Crippen LogP) is 5.93. The van der Waals surface area contributed by atoms with Gasteiger partial charge in [0.25, 0.3) is 11.8 Å². The van der Waals surface area contributed by atoms with E-state index in [0.29, 0.717) is 0 Å². The molecule has 4 amide bonds. The lowest BCUT2D eigenvalue weighted by atomic mass is 9.67. The van der Waals surface area contributed by atoms with Gasteiger partial charge in [-0.2, -0.15) is 0 Å². The third kappa shape index (κ3) is 2.75. The first-order chi connectivity index (χ1) is 17.0. The van der Waals surface area contributed by atoms with Gasteiger partial charge in [0, 0.05) is 29.8 Å². The SMILES string of the molecule is CN1C(=O)C(=Cc2cc3c(s2)N2c4ccccc4C(C)(C)c4cccc(c42)C3(C)C)C(=O)N(C)C1=O. The normalized spacial score (nSPS) is 19.2. The molecule has 3 aliphatic rings. The van der Waals surface area contributed by atoms with Gasteiger partial charge in [-0.1, -0.05) is 64.1 Å². The summed E-state index contributed by atoms with van der Waals surface area (Å²) in [5, 5.41) is 1.09. The van der Waals surface area contributed by atoms with Crippen molar-refractivity contribution in [1.82, 2.24) is 9.80 Å². The maximum Gasteiger partial charge on any atom is 0.333 e. The van der Waals surface area contributed by atoms with Crippen molar-refractivity contribution in [2.24, 2.45) is 0 Å². The van der Waals surface area contributed by atoms with Crippen molar-refractivity contribution in [1.29, 1.82) is 0 Å². The average molecular weight is 498 g/mol. The lowest BCUT2D eigenvalue weighted by Gasteiger charge is -2.48. The van der Waals surface area contributed by atoms with Crippen LogP contribution in [0.4, 0.5) is 21.2 Å². The number of amides is 4. The van der Waals surface area contributed by atoms with E-state index in [0.717, 1.165) is 30.9 Å². The van der Waals surface area contributed by atoms with Gasteiger partial charge in [0.15, 0.2) is 0 Å². The minimum Gasteiger partial charge on any atom is -0.301 e. The molecule has 1 saturated heterocycles. The molecule has 1 aromatic heterocycles. The summed E-state index contributed by atoms with van der Waals surface area (Å²) in [6.45, 7) is 9.01. The maximum atomic E-state index is 12.8. The van der Waals surface area contributed by atoms with E-state index < -0.39 is 17.8 Å². The van der Waals surface area contributed by atoms with Gasteiger partial charge in [-0.25, -0.2) is 4.79 Å². The summed E-state index contributed by atoms with van der Waals surface area (Å²) in [5.41, 5.74) is 6.86. The molecule has 0 bridgehead atoms. The molecule has 6 rings (SSSR count). The van der Waals surface area contributed by atoms with Gasteiger partial charge >= 0.3 is 6.03 Å². The molecular weight excluding hydrogens is 470 g/mol. The lowest BCUT2D eigenvalue weighted by Crippen LogP contribution is -2.52. The Bertz CT molecular complexity index is 1520. The third-order valence-corrected chi connectivity index (χ3v) is 9.03. The van der Waals surface area contributed by atoms with Crippen LogP contribution in [-0.2, 0) is 20.4 Å². The fraction of sp³-hybridized carbons (Fsp3) is 0.276. The number of rotatable bonds is 1. The van der Waals surface area contributed by atoms with Gasteiger partial charge in [0.2, 0.25) is 0 Å². The molecule has 7 heteroatoms. The summed E-state index contributed by atoms with van der Waals surface area (Å²) in [7, 11) is 2.79. The summed E-state index contributed by atoms with van der Waals surface area (Å²) in [6.07, 6.45) is 1.63. The van der Waals surface area contributed by atoms with E-state index in [-0.39, 0.29) is 16.4 Å². The zero-order valence-electron chi connectivity index (χ0n) is 21.2. The van der Waals surface area contributed by atoms with Gasteiger partial charge in [0.05, 0.1) is 11.4 Å². The third-order valence-electron chi connectivity index (χ3n) is 7.96. The van der Waals surface area contributed by atoms with Gasteiger partial charge < -0.3 is 4.90 Å². The highest BCUT2D eigenvalue weighted by Gasteiger charge is 2.46. The summed E-state index contributed by atoms with van der Waals surface area (Å²) < 4.78 is 0. The van der Waals surface area contributed by atoms with E-state index in [1.807, 2.05) is 0 Å². The number of thiophene rings is 1. The number of hydrogen-bond donors (Lipinski definition) is 0. The molecule has 4 heterocycles. The highest BCUT2D eigenvalue weighted by Crippen LogP contribution is 2.61. The molecule has 0 N–H and O–H groups in total. The molecule has 0 unspecified atom stereocenters. The van der Waals surface area contributed by atoms with E-state index in [1.54, 1.807) is 17.4 Å². The Morgan fingerprint density at radius 1 is 0.750 bits per heavy atom. The van der Waals surface area contributed by atoms with Crippen molar-refractivity contribution in [2.75, 3.05) is 19.0 Å². The standard InChI is InChI=1S/C29H27N3O3S/c1-28(2)18-10-7-8-13-22(18)32-23-19(28)11-9-12-20(23)29(3,4)21-15-16(36-26(21)32)14-17-24(33)30(5)27(35)31(6)25(17)34/h7-15H,1-6H3. The minimum atomic E-state index is -0.621. The van der Waals surface area contributed by atoms with Crippen molar-refractivity contribution in [2.45, 2.75) is 38.5 Å². The van der Waals surface area contributed by atoms with Crippen LogP contribution in [0.2, 0.25) is 0 Å². The van der Waals surface area contributed by atoms with Gasteiger partial charge in [-0.05, 0) is 40.5 Å². The predicted molar refractivity (Wildman–Crippen MR) is 142 cm³/mol. The summed E-state index contributed by atoms with van der Waals surface area (Å²) in [4.78, 5) is 43.0. The molecule has 0 saturated carbocycles. The second-order valence-corrected chi connectivity index (χ2v) is 11.8. The number of carbonyl (C=O) groups excluding carboxylic acids is 3. The number of imide groups is 2. The maximum absolute atomic E-state index is 12.8. The largest absolute Gasteiger partial charge is 0.333 e. The molecule has 3 aliphatic heterocycles. The van der Waals surface area contributed by atoms with Crippen molar-refractivity contribution in [3.05, 3.63) is 81.2 Å². The van der Waals surface area contributed by atoms with E-state index in [2.05, 4.69) is 81.1 Å². The molecule has 0 aliphatic carbocycles. The number of hydrogen-bond acceptors (Lipinski definition) is 5. The first-order valence-electron chi connectivity index (χ1n) is 12.0. The smallest absolute Gasteiger partial charge is 0.301 e. The monoisotopic (exact) mass is 497 g/mol. The number of likely N-dealkylation sites (N-methyl/N-ethyl adjacent to an activating group) is 2. The van der Waals surface area contributed by atoms with Crippen LogP contribution in [0.1, 0.15) is 54.8 Å². The Morgan fingerprint density at radius 3 is 1.94 bits per heavy atom. The Morgan fingerprint density at radius 2 is 1.31 bits per heavy atom. The summed E-state index contributed by atoms with van der Waals surface area (Å²) in [5.74, 6) is -1.16. The Hall–Kier alpha value is -3.71. The second kappa shape index (κ2) is 7.17. The molecule has 2 aromatic carbocycles. The van der Waals surface area contributed by atoms with Crippen LogP contribution >= 0.6 is 11.3 Å². The van der Waals surface area contributed by atoms with E-state index in [1.165, 1.54) is 36.5 Å². The number of anilines is 3. The quantitative estimate of drug-likeness (QED) is 0.309. The van der Waals surface area contributed by atoms with Gasteiger partial charge in [0.1, 0.15) is 10.6 Å². The first kappa shape index (κ1) is 22.7. The summed E-state index contributed by atoms with van der Waals surface area (Å²) >= 11 is 1.56.